The van der Waals surface area contributed by atoms with Crippen molar-refractivity contribution in [3.05, 3.63) is 0 Å². The molecule has 2 N–H and O–H groups in total. The molecule has 0 saturated heterocycles. The van der Waals surface area contributed by atoms with Crippen LogP contribution in [0.2, 0.25) is 0 Å². The van der Waals surface area contributed by atoms with E-state index in [4.69, 9.17) is 0 Å². The van der Waals surface area contributed by atoms with E-state index in [1.165, 1.54) is 12.8 Å². The lowest BCUT2D eigenvalue weighted by atomic mass is 9.91. The lowest BCUT2D eigenvalue weighted by Crippen LogP contribution is -2.54. The van der Waals surface area contributed by atoms with Crippen molar-refractivity contribution >= 4 is 0 Å². The summed E-state index contributed by atoms with van der Waals surface area (Å²) in [6, 6.07) is 1.51. The van der Waals surface area contributed by atoms with Crippen LogP contribution in [0, 0.1) is 5.92 Å². The lowest BCUT2D eigenvalue weighted by Gasteiger charge is -2.42. The molecule has 0 spiro atoms. The summed E-state index contributed by atoms with van der Waals surface area (Å²) < 4.78 is 0. The van der Waals surface area contributed by atoms with Crippen molar-refractivity contribution in [3.63, 3.8) is 0 Å². The lowest BCUT2D eigenvalue weighted by molar-refractivity contribution is 0.0712. The molecule has 0 rings (SSSR count). The monoisotopic (exact) mass is 300 g/mol. The van der Waals surface area contributed by atoms with E-state index in [1.807, 2.05) is 0 Å². The molecule has 0 aromatic rings. The molecule has 3 heteroatoms. The Morgan fingerprint density at radius 3 is 1.90 bits per heavy atom. The number of hydrogen-bond donors (Lipinski definition) is 2. The van der Waals surface area contributed by atoms with Crippen LogP contribution >= 0.6 is 0 Å². The third-order valence-corrected chi connectivity index (χ3v) is 4.29. The van der Waals surface area contributed by atoms with Gasteiger partial charge in [0.1, 0.15) is 0 Å². The van der Waals surface area contributed by atoms with E-state index in [0.29, 0.717) is 24.0 Å². The molecule has 2 atom stereocenters. The van der Waals surface area contributed by atoms with Crippen molar-refractivity contribution in [2.24, 2.45) is 5.92 Å². The molecular weight excluding hydrogens is 260 g/mol. The van der Waals surface area contributed by atoms with Crippen LogP contribution in [-0.4, -0.2) is 46.8 Å². The highest BCUT2D eigenvalue weighted by Gasteiger charge is 2.31. The molecule has 0 saturated carbocycles. The van der Waals surface area contributed by atoms with Crippen LogP contribution in [0.5, 0.6) is 0 Å². The van der Waals surface area contributed by atoms with Gasteiger partial charge >= 0.3 is 0 Å². The molecule has 0 aliphatic rings. The zero-order valence-electron chi connectivity index (χ0n) is 15.7. The first-order valence-electron chi connectivity index (χ1n) is 8.83. The molecular formula is C18H40N2O. The molecule has 0 radical (unpaired) electrons. The fraction of sp³-hybridized carbons (Fsp3) is 1.00. The van der Waals surface area contributed by atoms with Crippen molar-refractivity contribution in [3.8, 4) is 0 Å². The Bertz CT molecular complexity index is 264. The molecule has 21 heavy (non-hydrogen) atoms. The summed E-state index contributed by atoms with van der Waals surface area (Å²) >= 11 is 0. The third kappa shape index (κ3) is 7.62. The van der Waals surface area contributed by atoms with Crippen LogP contribution in [0.3, 0.4) is 0 Å². The molecule has 0 aliphatic carbocycles. The SMILES string of the molecule is CCC(CC)N(CC(C)C)C(C)CC(C)(CO)NC(C)C. The topological polar surface area (TPSA) is 35.5 Å². The summed E-state index contributed by atoms with van der Waals surface area (Å²) in [6.45, 7) is 19.2. The van der Waals surface area contributed by atoms with E-state index in [2.05, 4.69) is 65.6 Å². The van der Waals surface area contributed by atoms with Gasteiger partial charge in [-0.3, -0.25) is 4.90 Å². The quantitative estimate of drug-likeness (QED) is 0.611. The van der Waals surface area contributed by atoms with Gasteiger partial charge in [0, 0.05) is 30.2 Å². The minimum Gasteiger partial charge on any atom is -0.394 e. The molecule has 0 heterocycles. The molecule has 0 fully saturated rings. The summed E-state index contributed by atoms with van der Waals surface area (Å²) in [5.74, 6) is 0.673. The Morgan fingerprint density at radius 2 is 1.57 bits per heavy atom. The van der Waals surface area contributed by atoms with Gasteiger partial charge in [0.25, 0.3) is 0 Å². The Labute approximate surface area is 133 Å². The summed E-state index contributed by atoms with van der Waals surface area (Å²) in [5, 5.41) is 13.4. The first-order valence-corrected chi connectivity index (χ1v) is 8.83. The Hall–Kier alpha value is -0.120. The molecule has 3 nitrogen and oxygen atoms in total. The number of nitrogens with one attached hydrogen (secondary N) is 1. The highest BCUT2D eigenvalue weighted by molar-refractivity contribution is 4.90. The average Bonchev–Trinajstić information content (AvgIpc) is 2.37. The second-order valence-electron chi connectivity index (χ2n) is 7.63. The standard InChI is InChI=1S/C18H40N2O/c1-9-17(10-2)20(12-14(3)4)16(7)11-18(8,13-21)19-15(5)6/h14-17,19,21H,9-13H2,1-8H3. The van der Waals surface area contributed by atoms with E-state index in [-0.39, 0.29) is 12.1 Å². The van der Waals surface area contributed by atoms with E-state index >= 15 is 0 Å². The second kappa shape index (κ2) is 9.81. The van der Waals surface area contributed by atoms with Gasteiger partial charge in [-0.15, -0.1) is 0 Å². The van der Waals surface area contributed by atoms with Crippen molar-refractivity contribution in [2.45, 2.75) is 98.3 Å². The van der Waals surface area contributed by atoms with Crippen LogP contribution in [0.4, 0.5) is 0 Å². The normalized spacial score (nSPS) is 17.0. The van der Waals surface area contributed by atoms with Gasteiger partial charge in [-0.05, 0) is 39.0 Å². The number of aliphatic hydroxyl groups is 1. The van der Waals surface area contributed by atoms with Gasteiger partial charge in [0.2, 0.25) is 0 Å². The van der Waals surface area contributed by atoms with Gasteiger partial charge < -0.3 is 10.4 Å². The summed E-state index contributed by atoms with van der Waals surface area (Å²) in [7, 11) is 0. The zero-order chi connectivity index (χ0) is 16.6. The van der Waals surface area contributed by atoms with Crippen LogP contribution < -0.4 is 5.32 Å². The maximum atomic E-state index is 9.82. The highest BCUT2D eigenvalue weighted by atomic mass is 16.3. The number of hydrogen-bond acceptors (Lipinski definition) is 3. The van der Waals surface area contributed by atoms with Gasteiger partial charge in [-0.2, -0.15) is 0 Å². The Kier molecular flexibility index (Phi) is 9.75. The van der Waals surface area contributed by atoms with Crippen molar-refractivity contribution in [2.75, 3.05) is 13.2 Å². The molecule has 2 unspecified atom stereocenters. The molecule has 0 aromatic heterocycles. The maximum absolute atomic E-state index is 9.82. The third-order valence-electron chi connectivity index (χ3n) is 4.29. The Balaban J connectivity index is 4.96. The van der Waals surface area contributed by atoms with Crippen molar-refractivity contribution in [1.82, 2.24) is 10.2 Å². The van der Waals surface area contributed by atoms with Crippen molar-refractivity contribution < 1.29 is 5.11 Å². The first kappa shape index (κ1) is 20.9. The molecule has 0 bridgehead atoms. The fourth-order valence-electron chi connectivity index (χ4n) is 3.50. The second-order valence-corrected chi connectivity index (χ2v) is 7.63. The molecule has 0 aromatic carbocycles. The fourth-order valence-corrected chi connectivity index (χ4v) is 3.50. The largest absolute Gasteiger partial charge is 0.394 e. The van der Waals surface area contributed by atoms with Gasteiger partial charge in [0.05, 0.1) is 6.61 Å². The molecule has 128 valence electrons. The van der Waals surface area contributed by atoms with Crippen LogP contribution in [-0.2, 0) is 0 Å². The number of nitrogens with zero attached hydrogens (tertiary/aromatic N) is 1. The zero-order valence-corrected chi connectivity index (χ0v) is 15.7. The van der Waals surface area contributed by atoms with Gasteiger partial charge in [-0.25, -0.2) is 0 Å². The summed E-state index contributed by atoms with van der Waals surface area (Å²) in [4.78, 5) is 2.65. The highest BCUT2D eigenvalue weighted by Crippen LogP contribution is 2.22. The van der Waals surface area contributed by atoms with Gasteiger partial charge in [0.15, 0.2) is 0 Å². The molecule has 0 amide bonds. The van der Waals surface area contributed by atoms with E-state index in [9.17, 15) is 5.11 Å². The van der Waals surface area contributed by atoms with Crippen LogP contribution in [0.15, 0.2) is 0 Å². The minimum atomic E-state index is -0.200. The van der Waals surface area contributed by atoms with E-state index < -0.39 is 0 Å². The number of rotatable bonds is 11. The average molecular weight is 301 g/mol. The van der Waals surface area contributed by atoms with Crippen LogP contribution in [0.1, 0.15) is 74.7 Å². The smallest absolute Gasteiger partial charge is 0.0611 e. The Morgan fingerprint density at radius 1 is 1.05 bits per heavy atom. The van der Waals surface area contributed by atoms with Crippen LogP contribution in [0.25, 0.3) is 0 Å². The molecule has 0 aliphatic heterocycles. The predicted molar refractivity (Wildman–Crippen MR) is 93.8 cm³/mol. The first-order chi connectivity index (χ1) is 9.68. The van der Waals surface area contributed by atoms with E-state index in [0.717, 1.165) is 13.0 Å². The van der Waals surface area contributed by atoms with Crippen molar-refractivity contribution in [1.29, 1.82) is 0 Å². The maximum Gasteiger partial charge on any atom is 0.0611 e. The predicted octanol–water partition coefficient (Wildman–Crippen LogP) is 3.66. The summed E-state index contributed by atoms with van der Waals surface area (Å²) in [6.07, 6.45) is 3.37. The van der Waals surface area contributed by atoms with Gasteiger partial charge in [-0.1, -0.05) is 41.5 Å². The number of aliphatic hydroxyl groups excluding tert-OH is 1. The summed E-state index contributed by atoms with van der Waals surface area (Å²) in [5.41, 5.74) is -0.200. The minimum absolute atomic E-state index is 0.188. The van der Waals surface area contributed by atoms with E-state index in [1.54, 1.807) is 0 Å².